The third-order valence-corrected chi connectivity index (χ3v) is 3.24. The van der Waals surface area contributed by atoms with Gasteiger partial charge in [-0.05, 0) is 26.7 Å². The predicted octanol–water partition coefficient (Wildman–Crippen LogP) is 4.02. The molecule has 0 amide bonds. The second-order valence-electron chi connectivity index (χ2n) is 5.80. The molecule has 1 rings (SSSR count). The largest absolute Gasteiger partial charge is 0.504 e. The molecule has 0 atom stereocenters. The molecular formula is C18H28O6. The summed E-state index contributed by atoms with van der Waals surface area (Å²) in [4.78, 5) is 12.3. The van der Waals surface area contributed by atoms with Crippen LogP contribution in [0.4, 0.5) is 0 Å². The first-order valence-corrected chi connectivity index (χ1v) is 8.47. The number of unbranched alkanes of at least 4 members (excludes halogenated alkanes) is 2. The van der Waals surface area contributed by atoms with Crippen LogP contribution in [0.3, 0.4) is 0 Å². The molecule has 0 unspecified atom stereocenters. The van der Waals surface area contributed by atoms with Gasteiger partial charge in [-0.3, -0.25) is 0 Å². The van der Waals surface area contributed by atoms with Crippen LogP contribution in [0.15, 0.2) is 6.07 Å². The molecule has 136 valence electrons. The van der Waals surface area contributed by atoms with E-state index in [1.807, 2.05) is 13.8 Å². The molecule has 0 saturated carbocycles. The van der Waals surface area contributed by atoms with Gasteiger partial charge in [0.2, 0.25) is 0 Å². The van der Waals surface area contributed by atoms with Gasteiger partial charge >= 0.3 is 5.97 Å². The van der Waals surface area contributed by atoms with Gasteiger partial charge in [-0.15, -0.1) is 0 Å². The second-order valence-corrected chi connectivity index (χ2v) is 5.80. The van der Waals surface area contributed by atoms with E-state index in [0.717, 1.165) is 25.7 Å². The zero-order valence-electron chi connectivity index (χ0n) is 14.9. The lowest BCUT2D eigenvalue weighted by molar-refractivity contribution is 0.0368. The molecule has 6 nitrogen and oxygen atoms in total. The summed E-state index contributed by atoms with van der Waals surface area (Å²) in [6.07, 6.45) is 3.10. The fourth-order valence-corrected chi connectivity index (χ4v) is 1.97. The van der Waals surface area contributed by atoms with Gasteiger partial charge in [-0.25, -0.2) is 4.79 Å². The average molecular weight is 340 g/mol. The summed E-state index contributed by atoms with van der Waals surface area (Å²) >= 11 is 0. The zero-order chi connectivity index (χ0) is 18.1. The van der Waals surface area contributed by atoms with Crippen LogP contribution in [-0.2, 0) is 4.74 Å². The van der Waals surface area contributed by atoms with Crippen molar-refractivity contribution in [2.24, 2.45) is 0 Å². The Hall–Kier alpha value is -2.11. The molecule has 24 heavy (non-hydrogen) atoms. The molecule has 0 fully saturated rings. The Morgan fingerprint density at radius 3 is 2.21 bits per heavy atom. The molecule has 6 heteroatoms. The SMILES string of the molecule is CCCCOc1cc(O)c(O)c(C(=O)OC(C)C)c1OCCCC. The summed E-state index contributed by atoms with van der Waals surface area (Å²) in [6, 6.07) is 1.26. The summed E-state index contributed by atoms with van der Waals surface area (Å²) in [5.74, 6) is -1.42. The molecule has 0 heterocycles. The smallest absolute Gasteiger partial charge is 0.346 e. The minimum atomic E-state index is -0.759. The molecule has 0 spiro atoms. The van der Waals surface area contributed by atoms with Crippen molar-refractivity contribution >= 4 is 5.97 Å². The van der Waals surface area contributed by atoms with Gasteiger partial charge in [0.1, 0.15) is 0 Å². The molecule has 2 N–H and O–H groups in total. The van der Waals surface area contributed by atoms with Crippen molar-refractivity contribution in [1.82, 2.24) is 0 Å². The van der Waals surface area contributed by atoms with Crippen molar-refractivity contribution < 1.29 is 29.2 Å². The van der Waals surface area contributed by atoms with E-state index in [2.05, 4.69) is 0 Å². The van der Waals surface area contributed by atoms with Crippen molar-refractivity contribution in [3.05, 3.63) is 11.6 Å². The molecule has 1 aromatic rings. The van der Waals surface area contributed by atoms with Gasteiger partial charge in [0.05, 0.1) is 19.3 Å². The number of esters is 1. The van der Waals surface area contributed by atoms with Crippen LogP contribution in [0.25, 0.3) is 0 Å². The van der Waals surface area contributed by atoms with E-state index < -0.39 is 17.5 Å². The van der Waals surface area contributed by atoms with Crippen molar-refractivity contribution in [3.8, 4) is 23.0 Å². The Morgan fingerprint density at radius 2 is 1.67 bits per heavy atom. The average Bonchev–Trinajstić information content (AvgIpc) is 2.51. The summed E-state index contributed by atoms with van der Waals surface area (Å²) in [5, 5.41) is 20.1. The molecule has 0 aliphatic rings. The highest BCUT2D eigenvalue weighted by Gasteiger charge is 2.27. The van der Waals surface area contributed by atoms with Gasteiger partial charge in [-0.2, -0.15) is 0 Å². The van der Waals surface area contributed by atoms with Crippen LogP contribution in [0.5, 0.6) is 23.0 Å². The van der Waals surface area contributed by atoms with E-state index in [-0.39, 0.29) is 23.2 Å². The lowest BCUT2D eigenvalue weighted by Crippen LogP contribution is -2.14. The molecule has 0 saturated heterocycles. The maximum absolute atomic E-state index is 12.3. The molecule has 0 aromatic heterocycles. The fraction of sp³-hybridized carbons (Fsp3) is 0.611. The van der Waals surface area contributed by atoms with Crippen molar-refractivity contribution in [2.45, 2.75) is 59.5 Å². The number of aromatic hydroxyl groups is 2. The molecule has 0 aliphatic carbocycles. The van der Waals surface area contributed by atoms with Crippen molar-refractivity contribution in [1.29, 1.82) is 0 Å². The summed E-state index contributed by atoms with van der Waals surface area (Å²) in [5.41, 5.74) is -0.202. The Balaban J connectivity index is 3.25. The van der Waals surface area contributed by atoms with Crippen molar-refractivity contribution in [2.75, 3.05) is 13.2 Å². The molecule has 0 radical (unpaired) electrons. The third kappa shape index (κ3) is 5.51. The summed E-state index contributed by atoms with van der Waals surface area (Å²) in [6.45, 7) is 8.24. The highest BCUT2D eigenvalue weighted by molar-refractivity contribution is 5.97. The standard InChI is InChI=1S/C18H28O6/c1-5-7-9-22-14-11-13(19)16(20)15(18(21)24-12(3)4)17(14)23-10-8-6-2/h11-12,19-20H,5-10H2,1-4H3. The quantitative estimate of drug-likeness (QED) is 0.380. The van der Waals surface area contributed by atoms with Gasteiger partial charge in [0.15, 0.2) is 28.6 Å². The van der Waals surface area contributed by atoms with Crippen LogP contribution in [0.1, 0.15) is 63.7 Å². The van der Waals surface area contributed by atoms with Gasteiger partial charge in [0, 0.05) is 6.07 Å². The van der Waals surface area contributed by atoms with E-state index in [4.69, 9.17) is 14.2 Å². The highest BCUT2D eigenvalue weighted by Crippen LogP contribution is 2.44. The Labute approximate surface area is 143 Å². The van der Waals surface area contributed by atoms with Crippen LogP contribution in [0.2, 0.25) is 0 Å². The normalized spacial score (nSPS) is 10.7. The minimum Gasteiger partial charge on any atom is -0.504 e. The van der Waals surface area contributed by atoms with E-state index >= 15 is 0 Å². The molecule has 0 aliphatic heterocycles. The molecular weight excluding hydrogens is 312 g/mol. The Bertz CT molecular complexity index is 539. The number of phenolic OH excluding ortho intramolecular Hbond substituents is 2. The number of phenols is 2. The molecule has 1 aromatic carbocycles. The number of carbonyl (C=O) groups is 1. The maximum atomic E-state index is 12.3. The summed E-state index contributed by atoms with van der Waals surface area (Å²) in [7, 11) is 0. The predicted molar refractivity (Wildman–Crippen MR) is 91.1 cm³/mol. The van der Waals surface area contributed by atoms with Gasteiger partial charge < -0.3 is 24.4 Å². The number of hydrogen-bond acceptors (Lipinski definition) is 6. The summed E-state index contributed by atoms with van der Waals surface area (Å²) < 4.78 is 16.5. The minimum absolute atomic E-state index is 0.112. The number of carbonyl (C=O) groups excluding carboxylic acids is 1. The second kappa shape index (κ2) is 9.90. The fourth-order valence-electron chi connectivity index (χ4n) is 1.97. The maximum Gasteiger partial charge on any atom is 0.346 e. The van der Waals surface area contributed by atoms with E-state index in [9.17, 15) is 15.0 Å². The first-order chi connectivity index (χ1) is 11.4. The topological polar surface area (TPSA) is 85.2 Å². The van der Waals surface area contributed by atoms with E-state index in [1.54, 1.807) is 13.8 Å². The Morgan fingerprint density at radius 1 is 1.08 bits per heavy atom. The first kappa shape index (κ1) is 19.9. The lowest BCUT2D eigenvalue weighted by Gasteiger charge is -2.18. The number of rotatable bonds is 10. The molecule has 0 bridgehead atoms. The van der Waals surface area contributed by atoms with Crippen LogP contribution in [0, 0.1) is 0 Å². The van der Waals surface area contributed by atoms with Crippen molar-refractivity contribution in [3.63, 3.8) is 0 Å². The van der Waals surface area contributed by atoms with Gasteiger partial charge in [-0.1, -0.05) is 26.7 Å². The first-order valence-electron chi connectivity index (χ1n) is 8.47. The van der Waals surface area contributed by atoms with E-state index in [1.165, 1.54) is 6.07 Å². The third-order valence-electron chi connectivity index (χ3n) is 3.24. The zero-order valence-corrected chi connectivity index (χ0v) is 14.9. The lowest BCUT2D eigenvalue weighted by atomic mass is 10.1. The highest BCUT2D eigenvalue weighted by atomic mass is 16.5. The van der Waals surface area contributed by atoms with Gasteiger partial charge in [0.25, 0.3) is 0 Å². The number of hydrogen-bond donors (Lipinski definition) is 2. The van der Waals surface area contributed by atoms with Crippen LogP contribution >= 0.6 is 0 Å². The van der Waals surface area contributed by atoms with Crippen LogP contribution in [-0.4, -0.2) is 35.5 Å². The number of ether oxygens (including phenoxy) is 3. The number of benzene rings is 1. The van der Waals surface area contributed by atoms with Crippen LogP contribution < -0.4 is 9.47 Å². The van der Waals surface area contributed by atoms with E-state index in [0.29, 0.717) is 13.2 Å². The Kier molecular flexibility index (Phi) is 8.22. The monoisotopic (exact) mass is 340 g/mol.